The highest BCUT2D eigenvalue weighted by Gasteiger charge is 2.27. The van der Waals surface area contributed by atoms with E-state index in [2.05, 4.69) is 22.5 Å². The van der Waals surface area contributed by atoms with Crippen molar-refractivity contribution in [2.24, 2.45) is 0 Å². The molecule has 0 radical (unpaired) electrons. The van der Waals surface area contributed by atoms with Crippen molar-refractivity contribution in [3.63, 3.8) is 0 Å². The molecule has 0 saturated carbocycles. The molecule has 0 aliphatic carbocycles. The van der Waals surface area contributed by atoms with Gasteiger partial charge in [0.25, 0.3) is 5.56 Å². The molecule has 7 heteroatoms. The molecule has 0 fully saturated rings. The van der Waals surface area contributed by atoms with E-state index in [9.17, 15) is 9.59 Å². The Morgan fingerprint density at radius 2 is 1.80 bits per heavy atom. The Hall–Kier alpha value is -3.06. The van der Waals surface area contributed by atoms with E-state index in [4.69, 9.17) is 0 Å². The molecular weight excluding hydrogens is 396 g/mol. The van der Waals surface area contributed by atoms with Crippen LogP contribution in [-0.4, -0.2) is 21.2 Å². The lowest BCUT2D eigenvalue weighted by Gasteiger charge is -2.14. The number of thioether (sulfide) groups is 1. The van der Waals surface area contributed by atoms with Crippen molar-refractivity contribution >= 4 is 34.7 Å². The van der Waals surface area contributed by atoms with Crippen LogP contribution >= 0.6 is 11.8 Å². The van der Waals surface area contributed by atoms with Crippen LogP contribution in [0.5, 0.6) is 0 Å². The van der Waals surface area contributed by atoms with Crippen LogP contribution in [-0.2, 0) is 11.2 Å². The average Bonchev–Trinajstić information content (AvgIpc) is 3.13. The van der Waals surface area contributed by atoms with Crippen molar-refractivity contribution in [1.29, 1.82) is 0 Å². The molecule has 4 rings (SSSR count). The minimum Gasteiger partial charge on any atom is -0.356 e. The van der Waals surface area contributed by atoms with Gasteiger partial charge in [-0.1, -0.05) is 43.3 Å². The Balaban J connectivity index is 1.37. The summed E-state index contributed by atoms with van der Waals surface area (Å²) < 4.78 is 1.66. The van der Waals surface area contributed by atoms with Crippen LogP contribution in [0.3, 0.4) is 0 Å². The number of anilines is 3. The lowest BCUT2D eigenvalue weighted by molar-refractivity contribution is -0.116. The third-order valence-corrected chi connectivity index (χ3v) is 6.00. The van der Waals surface area contributed by atoms with Crippen molar-refractivity contribution < 1.29 is 4.79 Å². The standard InChI is InChI=1S/C23H24N4O2S/c1-2-6-19-13-22(29)27-20(15-30-23(27)26-19)14-21(28)25-18-11-9-17(10-12-18)24-16-7-4-3-5-8-16/h3-5,7-13,20,24H,2,6,14-15H2,1H3,(H,25,28). The molecular formula is C23H24N4O2S. The number of amides is 1. The van der Waals surface area contributed by atoms with Crippen molar-refractivity contribution in [1.82, 2.24) is 9.55 Å². The third kappa shape index (κ3) is 4.74. The summed E-state index contributed by atoms with van der Waals surface area (Å²) in [5, 5.41) is 6.97. The Morgan fingerprint density at radius 1 is 1.10 bits per heavy atom. The van der Waals surface area contributed by atoms with Gasteiger partial charge in [-0.25, -0.2) is 4.98 Å². The lowest BCUT2D eigenvalue weighted by atomic mass is 10.2. The van der Waals surface area contributed by atoms with Crippen molar-refractivity contribution in [3.05, 3.63) is 76.7 Å². The molecule has 1 unspecified atom stereocenters. The Bertz CT molecular complexity index is 1080. The van der Waals surface area contributed by atoms with Gasteiger partial charge in [0.05, 0.1) is 6.04 Å². The molecule has 1 aliphatic rings. The number of aromatic nitrogens is 2. The quantitative estimate of drug-likeness (QED) is 0.546. The second kappa shape index (κ2) is 9.17. The summed E-state index contributed by atoms with van der Waals surface area (Å²) >= 11 is 1.54. The van der Waals surface area contributed by atoms with Gasteiger partial charge in [0.2, 0.25) is 5.91 Å². The fourth-order valence-corrected chi connectivity index (χ4v) is 4.65. The number of carbonyl (C=O) groups is 1. The molecule has 6 nitrogen and oxygen atoms in total. The first-order chi connectivity index (χ1) is 14.6. The predicted molar refractivity (Wildman–Crippen MR) is 122 cm³/mol. The Labute approximate surface area is 179 Å². The maximum Gasteiger partial charge on any atom is 0.254 e. The number of para-hydroxylation sites is 1. The first-order valence-corrected chi connectivity index (χ1v) is 11.1. The molecule has 154 valence electrons. The van der Waals surface area contributed by atoms with Crippen LogP contribution in [0.2, 0.25) is 0 Å². The molecule has 1 amide bonds. The minimum atomic E-state index is -0.167. The molecule has 0 bridgehead atoms. The number of nitrogens with zero attached hydrogens (tertiary/aromatic N) is 2. The molecule has 3 aromatic rings. The first-order valence-electron chi connectivity index (χ1n) is 10.1. The highest BCUT2D eigenvalue weighted by molar-refractivity contribution is 7.99. The van der Waals surface area contributed by atoms with Gasteiger partial charge < -0.3 is 10.6 Å². The molecule has 0 saturated heterocycles. The maximum atomic E-state index is 12.6. The number of carbonyl (C=O) groups excluding carboxylic acids is 1. The fourth-order valence-electron chi connectivity index (χ4n) is 3.48. The van der Waals surface area contributed by atoms with Gasteiger partial charge >= 0.3 is 0 Å². The van der Waals surface area contributed by atoms with Crippen LogP contribution in [0.15, 0.2) is 70.6 Å². The molecule has 2 heterocycles. The summed E-state index contributed by atoms with van der Waals surface area (Å²) in [6, 6.07) is 18.9. The number of hydrogen-bond donors (Lipinski definition) is 2. The predicted octanol–water partition coefficient (Wildman–Crippen LogP) is 4.62. The van der Waals surface area contributed by atoms with Gasteiger partial charge in [-0.05, 0) is 42.8 Å². The molecule has 2 aromatic carbocycles. The second-order valence-electron chi connectivity index (χ2n) is 7.27. The SMILES string of the molecule is CCCc1cc(=O)n2c(n1)SCC2CC(=O)Nc1ccc(Nc2ccccc2)cc1. The summed E-state index contributed by atoms with van der Waals surface area (Å²) in [5.41, 5.74) is 3.44. The summed E-state index contributed by atoms with van der Waals surface area (Å²) in [4.78, 5) is 29.7. The van der Waals surface area contributed by atoms with Gasteiger partial charge in [0.1, 0.15) is 0 Å². The molecule has 2 N–H and O–H groups in total. The maximum absolute atomic E-state index is 12.6. The number of fused-ring (bicyclic) bond motifs is 1. The summed E-state index contributed by atoms with van der Waals surface area (Å²) in [6.45, 7) is 2.07. The second-order valence-corrected chi connectivity index (χ2v) is 8.26. The monoisotopic (exact) mass is 420 g/mol. The molecule has 30 heavy (non-hydrogen) atoms. The van der Waals surface area contributed by atoms with Gasteiger partial charge in [-0.15, -0.1) is 0 Å². The molecule has 1 aromatic heterocycles. The zero-order valence-corrected chi connectivity index (χ0v) is 17.6. The Kier molecular flexibility index (Phi) is 6.18. The molecule has 1 atom stereocenters. The van der Waals surface area contributed by atoms with Crippen LogP contribution in [0.1, 0.15) is 31.5 Å². The van der Waals surface area contributed by atoms with E-state index in [0.717, 1.165) is 40.8 Å². The summed E-state index contributed by atoms with van der Waals surface area (Å²) in [6.07, 6.45) is 1.99. The summed E-state index contributed by atoms with van der Waals surface area (Å²) in [5.74, 6) is 0.576. The fraction of sp³-hybridized carbons (Fsp3) is 0.261. The van der Waals surface area contributed by atoms with E-state index < -0.39 is 0 Å². The van der Waals surface area contributed by atoms with E-state index >= 15 is 0 Å². The zero-order valence-electron chi connectivity index (χ0n) is 16.8. The van der Waals surface area contributed by atoms with Crippen LogP contribution in [0.25, 0.3) is 0 Å². The highest BCUT2D eigenvalue weighted by Crippen LogP contribution is 2.32. The zero-order chi connectivity index (χ0) is 20.9. The first kappa shape index (κ1) is 20.2. The van der Waals surface area contributed by atoms with Crippen molar-refractivity contribution in [2.45, 2.75) is 37.4 Å². The van der Waals surface area contributed by atoms with Crippen molar-refractivity contribution in [3.8, 4) is 0 Å². The molecule has 1 aliphatic heterocycles. The van der Waals surface area contributed by atoms with Gasteiger partial charge in [-0.3, -0.25) is 14.2 Å². The van der Waals surface area contributed by atoms with E-state index in [0.29, 0.717) is 5.75 Å². The van der Waals surface area contributed by atoms with Gasteiger partial charge in [0, 0.05) is 41.0 Å². The van der Waals surface area contributed by atoms with Crippen LogP contribution in [0, 0.1) is 0 Å². The van der Waals surface area contributed by atoms with Gasteiger partial charge in [0.15, 0.2) is 5.16 Å². The van der Waals surface area contributed by atoms with E-state index in [1.807, 2.05) is 54.6 Å². The largest absolute Gasteiger partial charge is 0.356 e. The third-order valence-electron chi connectivity index (χ3n) is 4.90. The van der Waals surface area contributed by atoms with Gasteiger partial charge in [-0.2, -0.15) is 0 Å². The Morgan fingerprint density at radius 3 is 2.53 bits per heavy atom. The number of hydrogen-bond acceptors (Lipinski definition) is 5. The van der Waals surface area contributed by atoms with E-state index in [-0.39, 0.29) is 23.9 Å². The van der Waals surface area contributed by atoms with E-state index in [1.54, 1.807) is 22.4 Å². The smallest absolute Gasteiger partial charge is 0.254 e. The molecule has 0 spiro atoms. The summed E-state index contributed by atoms with van der Waals surface area (Å²) in [7, 11) is 0. The highest BCUT2D eigenvalue weighted by atomic mass is 32.2. The number of aryl methyl sites for hydroxylation is 1. The lowest BCUT2D eigenvalue weighted by Crippen LogP contribution is -2.27. The average molecular weight is 421 g/mol. The number of nitrogens with one attached hydrogen (secondary N) is 2. The number of benzene rings is 2. The normalized spacial score (nSPS) is 14.9. The number of rotatable bonds is 7. The van der Waals surface area contributed by atoms with E-state index in [1.165, 1.54) is 0 Å². The van der Waals surface area contributed by atoms with Crippen LogP contribution in [0.4, 0.5) is 17.1 Å². The van der Waals surface area contributed by atoms with Crippen molar-refractivity contribution in [2.75, 3.05) is 16.4 Å². The minimum absolute atomic E-state index is 0.0670. The topological polar surface area (TPSA) is 76.0 Å². The van der Waals surface area contributed by atoms with Crippen LogP contribution < -0.4 is 16.2 Å².